The first kappa shape index (κ1) is 21.5. The lowest BCUT2D eigenvalue weighted by Crippen LogP contribution is -2.23. The van der Waals surface area contributed by atoms with Crippen molar-refractivity contribution in [2.45, 2.75) is 20.8 Å². The van der Waals surface area contributed by atoms with Crippen molar-refractivity contribution in [3.63, 3.8) is 0 Å². The predicted octanol–water partition coefficient (Wildman–Crippen LogP) is 6.10. The Labute approximate surface area is 189 Å². The largest absolute Gasteiger partial charge is 0.493 e. The van der Waals surface area contributed by atoms with E-state index in [4.69, 9.17) is 9.15 Å². The minimum Gasteiger partial charge on any atom is -0.493 e. The summed E-state index contributed by atoms with van der Waals surface area (Å²) in [6.45, 7) is 5.50. The van der Waals surface area contributed by atoms with Gasteiger partial charge in [0, 0.05) is 17.7 Å². The Kier molecular flexibility index (Phi) is 5.92. The number of rotatable bonds is 6. The second-order valence-corrected chi connectivity index (χ2v) is 8.15. The van der Waals surface area contributed by atoms with Gasteiger partial charge in [-0.25, -0.2) is 4.98 Å². The highest BCUT2D eigenvalue weighted by molar-refractivity contribution is 7.14. The van der Waals surface area contributed by atoms with Crippen molar-refractivity contribution in [1.82, 2.24) is 4.98 Å². The monoisotopic (exact) mass is 446 g/mol. The van der Waals surface area contributed by atoms with Crippen molar-refractivity contribution in [2.75, 3.05) is 12.0 Å². The molecule has 4 aromatic rings. The number of ether oxygens (including phenoxy) is 1. The molecule has 0 bridgehead atoms. The highest BCUT2D eigenvalue weighted by Gasteiger charge is 2.20. The molecule has 32 heavy (non-hydrogen) atoms. The van der Waals surface area contributed by atoms with Crippen LogP contribution in [0.1, 0.15) is 34.3 Å². The fraction of sp³-hybridized carbons (Fsp3) is 0.160. The molecule has 2 aromatic heterocycles. The SMILES string of the molecule is COc1cccc2cc(C(=O)C=Cc3csc(N(C(C)=O)c4cccc(C)c4C)n3)oc12. The molecule has 6 nitrogen and oxygen atoms in total. The van der Waals surface area contributed by atoms with Crippen LogP contribution < -0.4 is 9.64 Å². The zero-order chi connectivity index (χ0) is 22.8. The molecular weight excluding hydrogens is 424 g/mol. The molecule has 0 saturated heterocycles. The molecule has 1 amide bonds. The van der Waals surface area contributed by atoms with E-state index >= 15 is 0 Å². The van der Waals surface area contributed by atoms with Gasteiger partial charge in [0.25, 0.3) is 0 Å². The quantitative estimate of drug-likeness (QED) is 0.264. The number of ketones is 1. The number of allylic oxidation sites excluding steroid dienone is 1. The topological polar surface area (TPSA) is 72.6 Å². The number of carbonyl (C=O) groups excluding carboxylic acids is 2. The third kappa shape index (κ3) is 4.07. The number of furan rings is 1. The molecule has 7 heteroatoms. The number of methoxy groups -OCH3 is 1. The van der Waals surface area contributed by atoms with Crippen LogP contribution in [0.4, 0.5) is 10.8 Å². The Hall–Kier alpha value is -3.71. The smallest absolute Gasteiger partial charge is 0.230 e. The fourth-order valence-corrected chi connectivity index (χ4v) is 4.25. The Morgan fingerprint density at radius 3 is 2.69 bits per heavy atom. The van der Waals surface area contributed by atoms with Gasteiger partial charge >= 0.3 is 0 Å². The van der Waals surface area contributed by atoms with Crippen molar-refractivity contribution in [3.05, 3.63) is 76.5 Å². The molecule has 0 aliphatic carbocycles. The molecule has 2 aromatic carbocycles. The van der Waals surface area contributed by atoms with E-state index in [1.54, 1.807) is 30.2 Å². The number of hydrogen-bond acceptors (Lipinski definition) is 6. The van der Waals surface area contributed by atoms with Gasteiger partial charge in [-0.15, -0.1) is 11.3 Å². The highest BCUT2D eigenvalue weighted by atomic mass is 32.1. The van der Waals surface area contributed by atoms with Gasteiger partial charge in [-0.3, -0.25) is 14.5 Å². The van der Waals surface area contributed by atoms with Gasteiger partial charge in [-0.2, -0.15) is 0 Å². The van der Waals surface area contributed by atoms with E-state index in [0.717, 1.165) is 22.2 Å². The minimum atomic E-state index is -0.282. The lowest BCUT2D eigenvalue weighted by atomic mass is 10.1. The first-order valence-corrected chi connectivity index (χ1v) is 10.9. The highest BCUT2D eigenvalue weighted by Crippen LogP contribution is 2.33. The number of amides is 1. The average molecular weight is 447 g/mol. The molecule has 4 rings (SSSR count). The standard InChI is InChI=1S/C25H22N2O4S/c1-15-7-5-9-20(16(15)2)27(17(3)28)25-26-19(14-32-25)11-12-21(29)23-13-18-8-6-10-22(30-4)24(18)31-23/h5-14H,1-4H3. The number of carbonyl (C=O) groups is 2. The van der Waals surface area contributed by atoms with Crippen LogP contribution in [0.5, 0.6) is 5.75 Å². The summed E-state index contributed by atoms with van der Waals surface area (Å²) in [4.78, 5) is 31.2. The summed E-state index contributed by atoms with van der Waals surface area (Å²) in [7, 11) is 1.56. The Morgan fingerprint density at radius 2 is 1.94 bits per heavy atom. The zero-order valence-corrected chi connectivity index (χ0v) is 19.0. The molecule has 0 aliphatic rings. The van der Waals surface area contributed by atoms with Crippen LogP contribution >= 0.6 is 11.3 Å². The molecule has 0 spiro atoms. The second-order valence-electron chi connectivity index (χ2n) is 7.32. The fourth-order valence-electron chi connectivity index (χ4n) is 3.40. The van der Waals surface area contributed by atoms with Crippen LogP contribution in [0, 0.1) is 13.8 Å². The summed E-state index contributed by atoms with van der Waals surface area (Å²) in [5.74, 6) is 0.383. The maximum atomic E-state index is 12.6. The van der Waals surface area contributed by atoms with E-state index < -0.39 is 0 Å². The van der Waals surface area contributed by atoms with Gasteiger partial charge in [0.05, 0.1) is 18.5 Å². The number of anilines is 2. The number of fused-ring (bicyclic) bond motifs is 1. The van der Waals surface area contributed by atoms with E-state index in [1.807, 2.05) is 49.6 Å². The van der Waals surface area contributed by atoms with Crippen LogP contribution in [-0.4, -0.2) is 23.8 Å². The third-order valence-electron chi connectivity index (χ3n) is 5.21. The number of aromatic nitrogens is 1. The molecule has 0 aliphatic heterocycles. The summed E-state index contributed by atoms with van der Waals surface area (Å²) in [6.07, 6.45) is 3.03. The van der Waals surface area contributed by atoms with Crippen LogP contribution in [0.2, 0.25) is 0 Å². The summed E-state index contributed by atoms with van der Waals surface area (Å²) in [5, 5.41) is 3.15. The van der Waals surface area contributed by atoms with Crippen LogP contribution in [0.3, 0.4) is 0 Å². The number of para-hydroxylation sites is 1. The van der Waals surface area contributed by atoms with E-state index in [0.29, 0.717) is 22.2 Å². The minimum absolute atomic E-state index is 0.129. The number of nitrogens with zero attached hydrogens (tertiary/aromatic N) is 2. The Bertz CT molecular complexity index is 1350. The van der Waals surface area contributed by atoms with Crippen molar-refractivity contribution >= 4 is 50.9 Å². The number of benzene rings is 2. The molecule has 0 N–H and O–H groups in total. The van der Waals surface area contributed by atoms with Crippen molar-refractivity contribution in [1.29, 1.82) is 0 Å². The molecule has 0 saturated carbocycles. The molecular formula is C25H22N2O4S. The summed E-state index contributed by atoms with van der Waals surface area (Å²) < 4.78 is 11.0. The first-order chi connectivity index (χ1) is 15.4. The summed E-state index contributed by atoms with van der Waals surface area (Å²) in [5.41, 5.74) is 4.04. The van der Waals surface area contributed by atoms with Crippen molar-refractivity contribution in [2.24, 2.45) is 0 Å². The number of thiazole rings is 1. The average Bonchev–Trinajstić information content (AvgIpc) is 3.42. The second kappa shape index (κ2) is 8.80. The maximum absolute atomic E-state index is 12.6. The predicted molar refractivity (Wildman–Crippen MR) is 127 cm³/mol. The maximum Gasteiger partial charge on any atom is 0.230 e. The number of hydrogen-bond donors (Lipinski definition) is 0. The van der Waals surface area contributed by atoms with Gasteiger partial charge < -0.3 is 9.15 Å². The molecule has 0 fully saturated rings. The van der Waals surface area contributed by atoms with E-state index in [-0.39, 0.29) is 17.5 Å². The van der Waals surface area contributed by atoms with Crippen molar-refractivity contribution < 1.29 is 18.7 Å². The zero-order valence-electron chi connectivity index (χ0n) is 18.2. The Balaban J connectivity index is 1.59. The van der Waals surface area contributed by atoms with Crippen molar-refractivity contribution in [3.8, 4) is 5.75 Å². The van der Waals surface area contributed by atoms with E-state index in [2.05, 4.69) is 4.98 Å². The number of aryl methyl sites for hydroxylation is 1. The molecule has 0 radical (unpaired) electrons. The Morgan fingerprint density at radius 1 is 1.16 bits per heavy atom. The third-order valence-corrected chi connectivity index (χ3v) is 6.05. The van der Waals surface area contributed by atoms with Gasteiger partial charge in [0.15, 0.2) is 22.2 Å². The first-order valence-electron chi connectivity index (χ1n) is 10.0. The van der Waals surface area contributed by atoms with Gasteiger partial charge in [0.1, 0.15) is 0 Å². The van der Waals surface area contributed by atoms with E-state index in [9.17, 15) is 9.59 Å². The molecule has 2 heterocycles. The molecule has 0 unspecified atom stereocenters. The molecule has 162 valence electrons. The van der Waals surface area contributed by atoms with Crippen LogP contribution in [0.15, 0.2) is 58.3 Å². The van der Waals surface area contributed by atoms with Gasteiger partial charge in [0.2, 0.25) is 11.7 Å². The van der Waals surface area contributed by atoms with Gasteiger partial charge in [-0.05, 0) is 55.3 Å². The lowest BCUT2D eigenvalue weighted by molar-refractivity contribution is -0.115. The molecule has 0 atom stereocenters. The lowest BCUT2D eigenvalue weighted by Gasteiger charge is -2.21. The van der Waals surface area contributed by atoms with Gasteiger partial charge in [-0.1, -0.05) is 24.3 Å². The van der Waals surface area contributed by atoms with Crippen LogP contribution in [0.25, 0.3) is 17.0 Å². The summed E-state index contributed by atoms with van der Waals surface area (Å²) in [6, 6.07) is 13.0. The normalized spacial score (nSPS) is 11.2. The van der Waals surface area contributed by atoms with Crippen LogP contribution in [-0.2, 0) is 4.79 Å². The summed E-state index contributed by atoms with van der Waals surface area (Å²) >= 11 is 1.34. The van der Waals surface area contributed by atoms with E-state index in [1.165, 1.54) is 24.3 Å².